The van der Waals surface area contributed by atoms with Crippen molar-refractivity contribution in [2.45, 2.75) is 36.6 Å². The summed E-state index contributed by atoms with van der Waals surface area (Å²) in [5.41, 5.74) is 0.592. The van der Waals surface area contributed by atoms with Gasteiger partial charge < -0.3 is 19.5 Å². The predicted octanol–water partition coefficient (Wildman–Crippen LogP) is 3.04. The minimum Gasteiger partial charge on any atom is -0.497 e. The van der Waals surface area contributed by atoms with Gasteiger partial charge in [-0.15, -0.1) is 0 Å². The van der Waals surface area contributed by atoms with Crippen LogP contribution in [0.3, 0.4) is 0 Å². The Morgan fingerprint density at radius 2 is 1.84 bits per heavy atom. The first-order valence-electron chi connectivity index (χ1n) is 10.3. The third-order valence-electron chi connectivity index (χ3n) is 5.49. The molecule has 0 bridgehead atoms. The van der Waals surface area contributed by atoms with Crippen LogP contribution in [0.15, 0.2) is 47.4 Å². The molecular formula is C22H26N2O6S. The fraction of sp³-hybridized carbons (Fsp3) is 0.409. The monoisotopic (exact) mass is 446 g/mol. The highest BCUT2D eigenvalue weighted by Crippen LogP contribution is 2.33. The van der Waals surface area contributed by atoms with Gasteiger partial charge >= 0.3 is 0 Å². The lowest BCUT2D eigenvalue weighted by atomic mass is 10.0. The van der Waals surface area contributed by atoms with E-state index in [2.05, 4.69) is 5.32 Å². The molecule has 31 heavy (non-hydrogen) atoms. The Bertz CT molecular complexity index is 1040. The molecule has 0 unspecified atom stereocenters. The Hall–Kier alpha value is -2.78. The van der Waals surface area contributed by atoms with Crippen molar-refractivity contribution >= 4 is 21.6 Å². The molecule has 1 fully saturated rings. The van der Waals surface area contributed by atoms with Crippen molar-refractivity contribution in [2.24, 2.45) is 0 Å². The molecule has 0 aliphatic carbocycles. The molecule has 2 aromatic carbocycles. The zero-order chi connectivity index (χ0) is 21.8. The van der Waals surface area contributed by atoms with Gasteiger partial charge in [-0.1, -0.05) is 6.42 Å². The lowest BCUT2D eigenvalue weighted by Crippen LogP contribution is -2.45. The molecule has 2 aliphatic rings. The maximum atomic E-state index is 13.2. The summed E-state index contributed by atoms with van der Waals surface area (Å²) in [6.07, 6.45) is 2.39. The van der Waals surface area contributed by atoms with Gasteiger partial charge in [-0.25, -0.2) is 8.42 Å². The molecule has 2 heterocycles. The van der Waals surface area contributed by atoms with Crippen LogP contribution < -0.4 is 19.5 Å². The first-order valence-corrected chi connectivity index (χ1v) is 11.8. The third kappa shape index (κ3) is 4.77. The van der Waals surface area contributed by atoms with Crippen molar-refractivity contribution in [3.63, 3.8) is 0 Å². The van der Waals surface area contributed by atoms with Crippen molar-refractivity contribution in [3.8, 4) is 17.2 Å². The number of hydrogen-bond acceptors (Lipinski definition) is 6. The number of fused-ring (bicyclic) bond motifs is 1. The second-order valence-corrected chi connectivity index (χ2v) is 9.44. The average molecular weight is 447 g/mol. The van der Waals surface area contributed by atoms with E-state index in [0.29, 0.717) is 49.1 Å². The number of anilines is 1. The minimum atomic E-state index is -3.71. The lowest BCUT2D eigenvalue weighted by Gasteiger charge is -2.34. The molecule has 1 N–H and O–H groups in total. The van der Waals surface area contributed by atoms with Crippen LogP contribution in [0.5, 0.6) is 17.2 Å². The van der Waals surface area contributed by atoms with Crippen molar-refractivity contribution in [3.05, 3.63) is 42.5 Å². The smallest absolute Gasteiger partial charge is 0.243 e. The van der Waals surface area contributed by atoms with Crippen molar-refractivity contribution in [2.75, 3.05) is 32.2 Å². The number of hydrogen-bond donors (Lipinski definition) is 1. The Balaban J connectivity index is 1.46. The number of amides is 1. The van der Waals surface area contributed by atoms with Gasteiger partial charge in [0.05, 0.1) is 12.0 Å². The molecular weight excluding hydrogens is 420 g/mol. The van der Waals surface area contributed by atoms with Gasteiger partial charge in [0.15, 0.2) is 11.5 Å². The van der Waals surface area contributed by atoms with Gasteiger partial charge in [0, 0.05) is 30.8 Å². The zero-order valence-electron chi connectivity index (χ0n) is 17.4. The fourth-order valence-electron chi connectivity index (χ4n) is 3.92. The maximum Gasteiger partial charge on any atom is 0.243 e. The normalized spacial score (nSPS) is 18.9. The van der Waals surface area contributed by atoms with Crippen molar-refractivity contribution in [1.29, 1.82) is 0 Å². The van der Waals surface area contributed by atoms with E-state index in [1.54, 1.807) is 30.3 Å². The van der Waals surface area contributed by atoms with Crippen LogP contribution in [-0.2, 0) is 14.8 Å². The summed E-state index contributed by atoms with van der Waals surface area (Å²) in [5.74, 6) is 1.59. The average Bonchev–Trinajstić information content (AvgIpc) is 2.79. The summed E-state index contributed by atoms with van der Waals surface area (Å²) < 4.78 is 44.1. The third-order valence-corrected chi connectivity index (χ3v) is 7.45. The van der Waals surface area contributed by atoms with Crippen LogP contribution in [0, 0.1) is 0 Å². The van der Waals surface area contributed by atoms with Crippen molar-refractivity contribution < 1.29 is 27.4 Å². The standard InChI is InChI=1S/C22H26N2O6S/c1-28-18-6-8-19(9-7-18)31(26,27)24-11-3-2-4-17(24)15-22(25)23-16-5-10-20-21(14-16)30-13-12-29-20/h5-10,14,17H,2-4,11-13,15H2,1H3,(H,23,25)/t17-/m1/s1. The number of benzene rings is 2. The molecule has 0 saturated carbocycles. The SMILES string of the molecule is COc1ccc(S(=O)(=O)N2CCCC[C@@H]2CC(=O)Nc2ccc3c(c2)OCCO3)cc1. The lowest BCUT2D eigenvalue weighted by molar-refractivity contribution is -0.117. The van der Waals surface area contributed by atoms with E-state index in [1.165, 1.54) is 23.5 Å². The van der Waals surface area contributed by atoms with Crippen LogP contribution in [0.4, 0.5) is 5.69 Å². The van der Waals surface area contributed by atoms with E-state index in [-0.39, 0.29) is 17.2 Å². The van der Waals surface area contributed by atoms with E-state index in [0.717, 1.165) is 12.8 Å². The van der Waals surface area contributed by atoms with Gasteiger partial charge in [-0.3, -0.25) is 4.79 Å². The van der Waals surface area contributed by atoms with Crippen LogP contribution >= 0.6 is 0 Å². The van der Waals surface area contributed by atoms with Crippen LogP contribution in [0.2, 0.25) is 0 Å². The molecule has 2 aromatic rings. The number of carbonyl (C=O) groups is 1. The number of carbonyl (C=O) groups excluding carboxylic acids is 1. The number of nitrogens with zero attached hydrogens (tertiary/aromatic N) is 1. The first-order chi connectivity index (χ1) is 15.0. The van der Waals surface area contributed by atoms with Gasteiger partial charge in [0.2, 0.25) is 15.9 Å². The summed E-state index contributed by atoms with van der Waals surface area (Å²) >= 11 is 0. The molecule has 1 amide bonds. The molecule has 4 rings (SSSR count). The summed E-state index contributed by atoms with van der Waals surface area (Å²) in [6, 6.07) is 11.2. The predicted molar refractivity (Wildman–Crippen MR) is 115 cm³/mol. The minimum absolute atomic E-state index is 0.0871. The van der Waals surface area contributed by atoms with Gasteiger partial charge in [-0.2, -0.15) is 4.31 Å². The highest BCUT2D eigenvalue weighted by molar-refractivity contribution is 7.89. The van der Waals surface area contributed by atoms with E-state index >= 15 is 0 Å². The Labute approximate surface area is 182 Å². The summed E-state index contributed by atoms with van der Waals surface area (Å²) in [4.78, 5) is 12.9. The van der Waals surface area contributed by atoms with E-state index in [4.69, 9.17) is 14.2 Å². The highest BCUT2D eigenvalue weighted by Gasteiger charge is 2.34. The second kappa shape index (κ2) is 9.15. The first kappa shape index (κ1) is 21.5. The van der Waals surface area contributed by atoms with Crippen LogP contribution in [0.1, 0.15) is 25.7 Å². The summed E-state index contributed by atoms with van der Waals surface area (Å²) in [5, 5.41) is 2.85. The van der Waals surface area contributed by atoms with Gasteiger partial charge in [-0.05, 0) is 49.2 Å². The quantitative estimate of drug-likeness (QED) is 0.733. The Kier molecular flexibility index (Phi) is 6.33. The molecule has 1 atom stereocenters. The van der Waals surface area contributed by atoms with E-state index < -0.39 is 16.1 Å². The van der Waals surface area contributed by atoms with Gasteiger partial charge in [0.1, 0.15) is 19.0 Å². The second-order valence-electron chi connectivity index (χ2n) is 7.55. The Morgan fingerprint density at radius 3 is 2.58 bits per heavy atom. The van der Waals surface area contributed by atoms with Crippen molar-refractivity contribution in [1.82, 2.24) is 4.31 Å². The molecule has 0 aromatic heterocycles. The topological polar surface area (TPSA) is 94.2 Å². The van der Waals surface area contributed by atoms with Crippen LogP contribution in [0.25, 0.3) is 0 Å². The number of rotatable bonds is 6. The largest absolute Gasteiger partial charge is 0.497 e. The number of methoxy groups -OCH3 is 1. The van der Waals surface area contributed by atoms with Crippen LogP contribution in [-0.4, -0.2) is 51.5 Å². The molecule has 2 aliphatic heterocycles. The number of sulfonamides is 1. The summed E-state index contributed by atoms with van der Waals surface area (Å²) in [6.45, 7) is 1.36. The summed E-state index contributed by atoms with van der Waals surface area (Å²) in [7, 11) is -2.17. The zero-order valence-corrected chi connectivity index (χ0v) is 18.2. The molecule has 8 nitrogen and oxygen atoms in total. The fourth-order valence-corrected chi connectivity index (χ4v) is 5.62. The van der Waals surface area contributed by atoms with E-state index in [9.17, 15) is 13.2 Å². The highest BCUT2D eigenvalue weighted by atomic mass is 32.2. The molecule has 0 spiro atoms. The molecule has 166 valence electrons. The van der Waals surface area contributed by atoms with Gasteiger partial charge in [0.25, 0.3) is 0 Å². The molecule has 1 saturated heterocycles. The number of ether oxygens (including phenoxy) is 3. The van der Waals surface area contributed by atoms with E-state index in [1.807, 2.05) is 0 Å². The molecule has 0 radical (unpaired) electrons. The number of nitrogens with one attached hydrogen (secondary N) is 1. The molecule has 9 heteroatoms. The number of piperidine rings is 1. The maximum absolute atomic E-state index is 13.2. The Morgan fingerprint density at radius 1 is 1.10 bits per heavy atom.